The number of nitrogens with one attached hydrogen (secondary N) is 3. The Labute approximate surface area is 404 Å². The summed E-state index contributed by atoms with van der Waals surface area (Å²) in [6, 6.07) is 21.4. The van der Waals surface area contributed by atoms with E-state index in [0.29, 0.717) is 69.4 Å². The number of ether oxygens (including phenoxy) is 1. The van der Waals surface area contributed by atoms with E-state index in [0.717, 1.165) is 75.9 Å². The van der Waals surface area contributed by atoms with Crippen molar-refractivity contribution in [2.45, 2.75) is 58.6 Å². The average Bonchev–Trinajstić information content (AvgIpc) is 3.79. The standard InChI is InChI=1S/C53H57F2N9O6/c1-32-40(27-38(54)28-43(32)59-50(66)39-11-10-37(26-42(39)55)53(2,3)69)48-41-29-44(58-49(41)57-31-56-48)35-7-5-34(6-8-35)30-62-23-21-61(22-24-62)17-13-33-14-18-63(19-15-33)51(67)36-9-12-46(70-4)45(25-36)64-20-16-47(65)60-52(64)68/h5-12,25-29,31,33,69H,13-24,30H2,1-4H3,(H,59,66)(H,56,57,58)(H,60,65,68). The molecule has 0 radical (unpaired) electrons. The van der Waals surface area contributed by atoms with E-state index in [9.17, 15) is 24.3 Å². The van der Waals surface area contributed by atoms with Crippen LogP contribution in [0, 0.1) is 24.5 Å². The third-order valence-corrected chi connectivity index (χ3v) is 13.9. The predicted molar refractivity (Wildman–Crippen MR) is 263 cm³/mol. The molecule has 0 saturated carbocycles. The lowest BCUT2D eigenvalue weighted by Gasteiger charge is -2.37. The fourth-order valence-electron chi connectivity index (χ4n) is 9.65. The smallest absolute Gasteiger partial charge is 0.328 e. The first-order chi connectivity index (χ1) is 33.6. The molecule has 3 saturated heterocycles. The van der Waals surface area contributed by atoms with E-state index in [2.05, 4.69) is 59.7 Å². The van der Waals surface area contributed by atoms with E-state index in [-0.39, 0.29) is 36.0 Å². The van der Waals surface area contributed by atoms with E-state index in [4.69, 9.17) is 4.74 Å². The van der Waals surface area contributed by atoms with E-state index < -0.39 is 29.2 Å². The number of piperidine rings is 1. The molecule has 17 heteroatoms. The molecule has 4 N–H and O–H groups in total. The Morgan fingerprint density at radius 1 is 0.886 bits per heavy atom. The van der Waals surface area contributed by atoms with Crippen LogP contribution in [0.4, 0.5) is 25.0 Å². The first kappa shape index (κ1) is 48.0. The molecular weight excluding hydrogens is 897 g/mol. The summed E-state index contributed by atoms with van der Waals surface area (Å²) >= 11 is 0. The van der Waals surface area contributed by atoms with Gasteiger partial charge in [0.25, 0.3) is 11.8 Å². The van der Waals surface area contributed by atoms with Crippen molar-refractivity contribution >= 4 is 46.2 Å². The number of H-pyrrole nitrogens is 1. The second-order valence-corrected chi connectivity index (χ2v) is 19.0. The number of methoxy groups -OCH3 is 1. The number of benzene rings is 4. The largest absolute Gasteiger partial charge is 0.495 e. The number of aromatic nitrogens is 3. The van der Waals surface area contributed by atoms with Crippen molar-refractivity contribution < 1.29 is 37.8 Å². The number of nitrogens with zero attached hydrogens (tertiary/aromatic N) is 6. The van der Waals surface area contributed by atoms with Gasteiger partial charge in [0, 0.05) is 86.7 Å². The Morgan fingerprint density at radius 2 is 1.63 bits per heavy atom. The van der Waals surface area contributed by atoms with E-state index in [1.165, 1.54) is 62.0 Å². The molecule has 2 aromatic heterocycles. The summed E-state index contributed by atoms with van der Waals surface area (Å²) in [6.07, 6.45) is 4.55. The van der Waals surface area contributed by atoms with Crippen molar-refractivity contribution in [3.63, 3.8) is 0 Å². The molecule has 3 aliphatic rings. The fraction of sp³-hybridized carbons (Fsp3) is 0.358. The minimum Gasteiger partial charge on any atom is -0.495 e. The molecule has 3 fully saturated rings. The van der Waals surface area contributed by atoms with Gasteiger partial charge >= 0.3 is 6.03 Å². The maximum atomic E-state index is 15.2. The van der Waals surface area contributed by atoms with Crippen molar-refractivity contribution in [1.82, 2.24) is 35.0 Å². The number of piperazine rings is 1. The zero-order valence-electron chi connectivity index (χ0n) is 39.8. The first-order valence-electron chi connectivity index (χ1n) is 23.7. The zero-order chi connectivity index (χ0) is 49.3. The van der Waals surface area contributed by atoms with Crippen LogP contribution in [0.5, 0.6) is 5.75 Å². The van der Waals surface area contributed by atoms with Crippen molar-refractivity contribution in [3.8, 4) is 28.3 Å². The van der Waals surface area contributed by atoms with Crippen LogP contribution in [0.1, 0.15) is 76.9 Å². The van der Waals surface area contributed by atoms with Crippen LogP contribution in [-0.4, -0.2) is 118 Å². The summed E-state index contributed by atoms with van der Waals surface area (Å²) < 4.78 is 35.7. The number of hydrogen-bond acceptors (Lipinski definition) is 10. The van der Waals surface area contributed by atoms with E-state index in [1.54, 1.807) is 25.1 Å². The summed E-state index contributed by atoms with van der Waals surface area (Å²) in [5, 5.41) is 15.9. The third kappa shape index (κ3) is 10.4. The van der Waals surface area contributed by atoms with E-state index >= 15 is 8.78 Å². The molecule has 5 heterocycles. The predicted octanol–water partition coefficient (Wildman–Crippen LogP) is 7.87. The van der Waals surface area contributed by atoms with Gasteiger partial charge < -0.3 is 29.9 Å². The number of urea groups is 1. The van der Waals surface area contributed by atoms with Gasteiger partial charge in [-0.05, 0) is 123 Å². The van der Waals surface area contributed by atoms with Gasteiger partial charge in [0.05, 0.1) is 29.7 Å². The molecule has 0 unspecified atom stereocenters. The van der Waals surface area contributed by atoms with Crippen LogP contribution in [-0.2, 0) is 16.9 Å². The number of rotatable bonds is 13. The highest BCUT2D eigenvalue weighted by Gasteiger charge is 2.30. The Balaban J connectivity index is 0.758. The number of carbonyl (C=O) groups is 4. The number of anilines is 2. The lowest BCUT2D eigenvalue weighted by Crippen LogP contribution is -2.49. The summed E-state index contributed by atoms with van der Waals surface area (Å²) in [4.78, 5) is 71.8. The second kappa shape index (κ2) is 20.1. The van der Waals surface area contributed by atoms with Crippen LogP contribution >= 0.6 is 0 Å². The summed E-state index contributed by atoms with van der Waals surface area (Å²) in [5.41, 5.74) is 4.92. The number of hydrogen-bond donors (Lipinski definition) is 4. The first-order valence-corrected chi connectivity index (χ1v) is 23.7. The highest BCUT2D eigenvalue weighted by Crippen LogP contribution is 2.36. The molecular formula is C53H57F2N9O6. The number of fused-ring (bicyclic) bond motifs is 1. The van der Waals surface area contributed by atoms with Gasteiger partial charge in [-0.15, -0.1) is 0 Å². The lowest BCUT2D eigenvalue weighted by atomic mass is 9.92. The summed E-state index contributed by atoms with van der Waals surface area (Å²) in [5.74, 6) is -1.55. The van der Waals surface area contributed by atoms with Crippen LogP contribution in [0.3, 0.4) is 0 Å². The molecule has 0 aliphatic carbocycles. The van der Waals surface area contributed by atoms with Crippen LogP contribution in [0.25, 0.3) is 33.5 Å². The molecule has 4 aromatic carbocycles. The van der Waals surface area contributed by atoms with Crippen LogP contribution in [0.15, 0.2) is 85.2 Å². The molecule has 9 rings (SSSR count). The fourth-order valence-corrected chi connectivity index (χ4v) is 9.65. The van der Waals surface area contributed by atoms with Gasteiger partial charge in [0.2, 0.25) is 5.91 Å². The summed E-state index contributed by atoms with van der Waals surface area (Å²) in [7, 11) is 1.51. The quantitative estimate of drug-likeness (QED) is 0.0892. The van der Waals surface area contributed by atoms with Gasteiger partial charge in [-0.25, -0.2) is 23.5 Å². The molecule has 0 bridgehead atoms. The molecule has 3 aliphatic heterocycles. The number of halogens is 2. The maximum absolute atomic E-state index is 15.2. The molecule has 364 valence electrons. The third-order valence-electron chi connectivity index (χ3n) is 13.9. The lowest BCUT2D eigenvalue weighted by molar-refractivity contribution is -0.120. The zero-order valence-corrected chi connectivity index (χ0v) is 39.8. The van der Waals surface area contributed by atoms with Gasteiger partial charge in [0.15, 0.2) is 0 Å². The van der Waals surface area contributed by atoms with Crippen molar-refractivity contribution in [2.24, 2.45) is 5.92 Å². The molecule has 5 amide bonds. The minimum absolute atomic E-state index is 0.0732. The van der Waals surface area contributed by atoms with Gasteiger partial charge in [-0.1, -0.05) is 30.3 Å². The maximum Gasteiger partial charge on any atom is 0.328 e. The van der Waals surface area contributed by atoms with Crippen molar-refractivity contribution in [1.29, 1.82) is 0 Å². The molecule has 15 nitrogen and oxygen atoms in total. The van der Waals surface area contributed by atoms with Crippen molar-refractivity contribution in [3.05, 3.63) is 125 Å². The van der Waals surface area contributed by atoms with E-state index in [1.807, 2.05) is 11.0 Å². The number of amides is 5. The van der Waals surface area contributed by atoms with Crippen LogP contribution in [0.2, 0.25) is 0 Å². The molecule has 6 aromatic rings. The molecule has 70 heavy (non-hydrogen) atoms. The van der Waals surface area contributed by atoms with Crippen LogP contribution < -0.4 is 20.3 Å². The Hall–Kier alpha value is -7.08. The Morgan fingerprint density at radius 3 is 2.33 bits per heavy atom. The minimum atomic E-state index is -1.29. The van der Waals surface area contributed by atoms with Gasteiger partial charge in [-0.3, -0.25) is 29.5 Å². The highest BCUT2D eigenvalue weighted by molar-refractivity contribution is 6.07. The number of aliphatic hydroxyl groups is 1. The number of imide groups is 1. The Bertz CT molecular complexity index is 2960. The second-order valence-electron chi connectivity index (χ2n) is 19.0. The molecule has 0 spiro atoms. The summed E-state index contributed by atoms with van der Waals surface area (Å²) in [6.45, 7) is 12.1. The number of carbonyl (C=O) groups excluding carboxylic acids is 4. The van der Waals surface area contributed by atoms with Gasteiger partial charge in [0.1, 0.15) is 29.4 Å². The number of aromatic amines is 1. The normalized spacial score (nSPS) is 16.4. The Kier molecular flexibility index (Phi) is 13.8. The molecule has 0 atom stereocenters. The topological polar surface area (TPSA) is 176 Å². The van der Waals surface area contributed by atoms with Crippen molar-refractivity contribution in [2.75, 3.05) is 69.7 Å². The SMILES string of the molecule is COc1ccc(C(=O)N2CCC(CCN3CCN(Cc4ccc(-c5cc6c(-c7cc(F)cc(NC(=O)c8ccc(C(C)(C)O)cc8F)c7C)ncnc6[nH]5)cc4)CC3)CC2)cc1N1CCC(=O)NC1=O. The monoisotopic (exact) mass is 953 g/mol. The van der Waals surface area contributed by atoms with Gasteiger partial charge in [-0.2, -0.15) is 0 Å². The highest BCUT2D eigenvalue weighted by atomic mass is 19.1. The number of likely N-dealkylation sites (tertiary alicyclic amines) is 1. The average molecular weight is 954 g/mol.